The lowest BCUT2D eigenvalue weighted by atomic mass is 9.93. The molecule has 0 spiro atoms. The molecule has 0 aromatic heterocycles. The SMILES string of the molecule is COc1cccc(C(O)C2COC(C)C2)c1F. The second-order valence-electron chi connectivity index (χ2n) is 4.45. The largest absolute Gasteiger partial charge is 0.494 e. The molecule has 1 aromatic carbocycles. The van der Waals surface area contributed by atoms with Gasteiger partial charge in [0.05, 0.1) is 25.9 Å². The Labute approximate surface area is 100 Å². The Balaban J connectivity index is 2.21. The van der Waals surface area contributed by atoms with E-state index in [0.717, 1.165) is 6.42 Å². The highest BCUT2D eigenvalue weighted by Crippen LogP contribution is 2.34. The number of aliphatic hydroxyl groups excluding tert-OH is 1. The van der Waals surface area contributed by atoms with Gasteiger partial charge in [0, 0.05) is 11.5 Å². The normalized spacial score (nSPS) is 25.9. The minimum Gasteiger partial charge on any atom is -0.494 e. The molecule has 1 fully saturated rings. The van der Waals surface area contributed by atoms with E-state index in [-0.39, 0.29) is 23.3 Å². The zero-order valence-electron chi connectivity index (χ0n) is 10.0. The number of aliphatic hydroxyl groups is 1. The van der Waals surface area contributed by atoms with Crippen LogP contribution in [-0.2, 0) is 4.74 Å². The molecule has 0 saturated carbocycles. The van der Waals surface area contributed by atoms with Gasteiger partial charge in [0.15, 0.2) is 11.6 Å². The van der Waals surface area contributed by atoms with Gasteiger partial charge in [-0.2, -0.15) is 0 Å². The van der Waals surface area contributed by atoms with E-state index in [4.69, 9.17) is 9.47 Å². The fourth-order valence-corrected chi connectivity index (χ4v) is 2.24. The van der Waals surface area contributed by atoms with Crippen LogP contribution in [0.2, 0.25) is 0 Å². The molecule has 1 aliphatic rings. The summed E-state index contributed by atoms with van der Waals surface area (Å²) in [5.74, 6) is -0.373. The molecule has 94 valence electrons. The molecule has 3 nitrogen and oxygen atoms in total. The third kappa shape index (κ3) is 2.42. The summed E-state index contributed by atoms with van der Waals surface area (Å²) in [5.41, 5.74) is 0.284. The van der Waals surface area contributed by atoms with Crippen LogP contribution >= 0.6 is 0 Å². The summed E-state index contributed by atoms with van der Waals surface area (Å²) in [6.45, 7) is 2.42. The highest BCUT2D eigenvalue weighted by atomic mass is 19.1. The number of hydrogen-bond donors (Lipinski definition) is 1. The smallest absolute Gasteiger partial charge is 0.170 e. The third-order valence-electron chi connectivity index (χ3n) is 3.21. The van der Waals surface area contributed by atoms with Crippen LogP contribution in [0, 0.1) is 11.7 Å². The maximum atomic E-state index is 13.9. The summed E-state index contributed by atoms with van der Waals surface area (Å²) in [6, 6.07) is 4.81. The van der Waals surface area contributed by atoms with Crippen molar-refractivity contribution in [2.45, 2.75) is 25.6 Å². The lowest BCUT2D eigenvalue weighted by molar-refractivity contribution is 0.0781. The second kappa shape index (κ2) is 5.02. The minimum atomic E-state index is -0.838. The number of rotatable bonds is 3. The van der Waals surface area contributed by atoms with Crippen LogP contribution < -0.4 is 4.74 Å². The van der Waals surface area contributed by atoms with Gasteiger partial charge in [-0.15, -0.1) is 0 Å². The lowest BCUT2D eigenvalue weighted by Gasteiger charge is -2.18. The predicted octanol–water partition coefficient (Wildman–Crippen LogP) is 2.29. The van der Waals surface area contributed by atoms with Crippen LogP contribution in [0.3, 0.4) is 0 Å². The van der Waals surface area contributed by atoms with Gasteiger partial charge in [0.2, 0.25) is 0 Å². The third-order valence-corrected chi connectivity index (χ3v) is 3.21. The van der Waals surface area contributed by atoms with Crippen LogP contribution in [0.1, 0.15) is 25.0 Å². The Kier molecular flexibility index (Phi) is 3.64. The molecule has 0 amide bonds. The van der Waals surface area contributed by atoms with Crippen molar-refractivity contribution >= 4 is 0 Å². The van der Waals surface area contributed by atoms with Crippen molar-refractivity contribution in [3.05, 3.63) is 29.6 Å². The van der Waals surface area contributed by atoms with Gasteiger partial charge < -0.3 is 14.6 Å². The quantitative estimate of drug-likeness (QED) is 0.881. The highest BCUT2D eigenvalue weighted by molar-refractivity contribution is 5.32. The van der Waals surface area contributed by atoms with Crippen LogP contribution in [0.25, 0.3) is 0 Å². The standard InChI is InChI=1S/C13H17FO3/c1-8-6-9(7-17-8)13(15)10-4-3-5-11(16-2)12(10)14/h3-5,8-9,13,15H,6-7H2,1-2H3. The first kappa shape index (κ1) is 12.3. The van der Waals surface area contributed by atoms with Crippen LogP contribution in [0.5, 0.6) is 5.75 Å². The number of halogens is 1. The van der Waals surface area contributed by atoms with Gasteiger partial charge in [-0.1, -0.05) is 12.1 Å². The molecular formula is C13H17FO3. The first-order valence-corrected chi connectivity index (χ1v) is 5.75. The second-order valence-corrected chi connectivity index (χ2v) is 4.45. The Morgan fingerprint density at radius 2 is 2.29 bits per heavy atom. The van der Waals surface area contributed by atoms with Gasteiger partial charge in [-0.3, -0.25) is 0 Å². The fourth-order valence-electron chi connectivity index (χ4n) is 2.24. The molecule has 0 radical (unpaired) electrons. The average molecular weight is 240 g/mol. The summed E-state index contributed by atoms with van der Waals surface area (Å²) in [5, 5.41) is 10.2. The summed E-state index contributed by atoms with van der Waals surface area (Å²) in [4.78, 5) is 0. The van der Waals surface area contributed by atoms with Gasteiger partial charge in [0.1, 0.15) is 0 Å². The monoisotopic (exact) mass is 240 g/mol. The van der Waals surface area contributed by atoms with Crippen molar-refractivity contribution in [3.8, 4) is 5.75 Å². The molecule has 1 N–H and O–H groups in total. The molecule has 17 heavy (non-hydrogen) atoms. The Morgan fingerprint density at radius 3 is 2.88 bits per heavy atom. The number of ether oxygens (including phenoxy) is 2. The maximum absolute atomic E-state index is 13.9. The van der Waals surface area contributed by atoms with Gasteiger partial charge >= 0.3 is 0 Å². The summed E-state index contributed by atoms with van der Waals surface area (Å²) < 4.78 is 24.2. The molecule has 1 saturated heterocycles. The van der Waals surface area contributed by atoms with E-state index in [0.29, 0.717) is 6.61 Å². The topological polar surface area (TPSA) is 38.7 Å². The summed E-state index contributed by atoms with van der Waals surface area (Å²) in [7, 11) is 1.41. The minimum absolute atomic E-state index is 0.0494. The van der Waals surface area contributed by atoms with E-state index in [2.05, 4.69) is 0 Å². The summed E-state index contributed by atoms with van der Waals surface area (Å²) >= 11 is 0. The van der Waals surface area contributed by atoms with E-state index in [9.17, 15) is 9.50 Å². The molecule has 0 aliphatic carbocycles. The first-order chi connectivity index (χ1) is 8.13. The average Bonchev–Trinajstić information content (AvgIpc) is 2.75. The lowest BCUT2D eigenvalue weighted by Crippen LogP contribution is -2.14. The van der Waals surface area contributed by atoms with Crippen LogP contribution in [-0.4, -0.2) is 24.9 Å². The van der Waals surface area contributed by atoms with E-state index in [1.54, 1.807) is 18.2 Å². The fraction of sp³-hybridized carbons (Fsp3) is 0.538. The number of hydrogen-bond acceptors (Lipinski definition) is 3. The van der Waals surface area contributed by atoms with Crippen molar-refractivity contribution in [1.82, 2.24) is 0 Å². The van der Waals surface area contributed by atoms with Crippen LogP contribution in [0.15, 0.2) is 18.2 Å². The number of methoxy groups -OCH3 is 1. The van der Waals surface area contributed by atoms with E-state index in [1.807, 2.05) is 6.92 Å². The van der Waals surface area contributed by atoms with E-state index in [1.165, 1.54) is 7.11 Å². The highest BCUT2D eigenvalue weighted by Gasteiger charge is 2.31. The van der Waals surface area contributed by atoms with E-state index < -0.39 is 11.9 Å². The Morgan fingerprint density at radius 1 is 1.53 bits per heavy atom. The zero-order chi connectivity index (χ0) is 12.4. The van der Waals surface area contributed by atoms with Gasteiger partial charge in [0.25, 0.3) is 0 Å². The Hall–Kier alpha value is -1.13. The van der Waals surface area contributed by atoms with Crippen molar-refractivity contribution in [2.24, 2.45) is 5.92 Å². The van der Waals surface area contributed by atoms with Gasteiger partial charge in [-0.25, -0.2) is 4.39 Å². The molecule has 4 heteroatoms. The summed E-state index contributed by atoms with van der Waals surface area (Å²) in [6.07, 6.45) is 0.0380. The zero-order valence-corrected chi connectivity index (χ0v) is 10.0. The molecule has 1 aliphatic heterocycles. The molecule has 0 bridgehead atoms. The molecule has 3 unspecified atom stereocenters. The number of benzene rings is 1. The van der Waals surface area contributed by atoms with Crippen LogP contribution in [0.4, 0.5) is 4.39 Å². The molecule has 3 atom stereocenters. The molecule has 1 aromatic rings. The molecule has 1 heterocycles. The Bertz CT molecular complexity index is 394. The van der Waals surface area contributed by atoms with Crippen molar-refractivity contribution in [1.29, 1.82) is 0 Å². The van der Waals surface area contributed by atoms with Gasteiger partial charge in [-0.05, 0) is 19.4 Å². The maximum Gasteiger partial charge on any atom is 0.170 e. The molecular weight excluding hydrogens is 223 g/mol. The van der Waals surface area contributed by atoms with E-state index >= 15 is 0 Å². The van der Waals surface area contributed by atoms with Crippen molar-refractivity contribution in [2.75, 3.05) is 13.7 Å². The predicted molar refractivity (Wildman–Crippen MR) is 61.4 cm³/mol. The molecule has 2 rings (SSSR count). The first-order valence-electron chi connectivity index (χ1n) is 5.75. The van der Waals surface area contributed by atoms with Crippen molar-refractivity contribution in [3.63, 3.8) is 0 Å². The van der Waals surface area contributed by atoms with Crippen molar-refractivity contribution < 1.29 is 19.0 Å².